The molecule has 18 heavy (non-hydrogen) atoms. The first-order valence-electron chi connectivity index (χ1n) is 6.02. The lowest BCUT2D eigenvalue weighted by molar-refractivity contribution is -0.274. The lowest BCUT2D eigenvalue weighted by Crippen LogP contribution is -2.33. The van der Waals surface area contributed by atoms with Crippen LogP contribution in [0.2, 0.25) is 0 Å². The zero-order chi connectivity index (χ0) is 13.2. The van der Waals surface area contributed by atoms with Gasteiger partial charge in [0.15, 0.2) is 0 Å². The van der Waals surface area contributed by atoms with Crippen LogP contribution < -0.4 is 10.1 Å². The Morgan fingerprint density at radius 3 is 2.44 bits per heavy atom. The zero-order valence-electron chi connectivity index (χ0n) is 10.1. The normalized spacial score (nSPS) is 24.9. The van der Waals surface area contributed by atoms with Crippen molar-refractivity contribution in [3.8, 4) is 5.75 Å². The Bertz CT molecular complexity index is 388. The summed E-state index contributed by atoms with van der Waals surface area (Å²) < 4.78 is 39.9. The molecule has 0 radical (unpaired) electrons. The Labute approximate surface area is 104 Å². The first-order valence-corrected chi connectivity index (χ1v) is 6.02. The van der Waals surface area contributed by atoms with Gasteiger partial charge in [-0.3, -0.25) is 0 Å². The number of hydrogen-bond acceptors (Lipinski definition) is 2. The van der Waals surface area contributed by atoms with Gasteiger partial charge in [0.05, 0.1) is 0 Å². The molecule has 2 atom stereocenters. The van der Waals surface area contributed by atoms with Crippen molar-refractivity contribution in [3.63, 3.8) is 0 Å². The van der Waals surface area contributed by atoms with Crippen LogP contribution in [0.3, 0.4) is 0 Å². The fourth-order valence-corrected chi connectivity index (χ4v) is 2.43. The molecule has 1 saturated heterocycles. The second-order valence-electron chi connectivity index (χ2n) is 4.69. The average molecular weight is 259 g/mol. The summed E-state index contributed by atoms with van der Waals surface area (Å²) in [6.45, 7) is 4.05. The number of ether oxygens (including phenoxy) is 1. The molecule has 0 spiro atoms. The Morgan fingerprint density at radius 1 is 1.22 bits per heavy atom. The van der Waals surface area contributed by atoms with Crippen LogP contribution in [0.5, 0.6) is 5.75 Å². The van der Waals surface area contributed by atoms with E-state index in [4.69, 9.17) is 0 Å². The van der Waals surface area contributed by atoms with Crippen LogP contribution in [0.1, 0.15) is 24.8 Å². The third-order valence-electron chi connectivity index (χ3n) is 3.33. The van der Waals surface area contributed by atoms with Crippen LogP contribution in [0, 0.1) is 5.92 Å². The fourth-order valence-electron chi connectivity index (χ4n) is 2.43. The molecule has 1 aliphatic heterocycles. The highest BCUT2D eigenvalue weighted by Gasteiger charge is 2.31. The number of piperidine rings is 1. The van der Waals surface area contributed by atoms with Crippen LogP contribution >= 0.6 is 0 Å². The molecule has 100 valence electrons. The maximum Gasteiger partial charge on any atom is 0.573 e. The summed E-state index contributed by atoms with van der Waals surface area (Å²) in [6, 6.07) is 6.23. The van der Waals surface area contributed by atoms with Crippen LogP contribution in [0.25, 0.3) is 0 Å². The van der Waals surface area contributed by atoms with Crippen molar-refractivity contribution in [1.82, 2.24) is 5.32 Å². The van der Waals surface area contributed by atoms with Gasteiger partial charge in [-0.25, -0.2) is 0 Å². The van der Waals surface area contributed by atoms with Crippen LogP contribution in [0.4, 0.5) is 13.2 Å². The molecule has 0 amide bonds. The molecule has 1 N–H and O–H groups in total. The maximum atomic E-state index is 12.0. The molecule has 2 nitrogen and oxygen atoms in total. The summed E-state index contributed by atoms with van der Waals surface area (Å²) in [5, 5.41) is 3.30. The number of rotatable bonds is 2. The highest BCUT2D eigenvalue weighted by molar-refractivity contribution is 5.30. The number of benzene rings is 1. The minimum atomic E-state index is -4.62. The molecule has 1 aromatic rings. The summed E-state index contributed by atoms with van der Waals surface area (Å²) in [6.07, 6.45) is -3.61. The smallest absolute Gasteiger partial charge is 0.406 e. The molecule has 5 heteroatoms. The van der Waals surface area contributed by atoms with Crippen molar-refractivity contribution >= 4 is 0 Å². The standard InChI is InChI=1S/C13H16F3NO/c1-9-8-17-7-6-12(9)10-2-4-11(5-3-10)18-13(14,15)16/h2-5,9,12,17H,6-8H2,1H3. The van der Waals surface area contributed by atoms with E-state index >= 15 is 0 Å². The SMILES string of the molecule is CC1CNCCC1c1ccc(OC(F)(F)F)cc1. The van der Waals surface area contributed by atoms with Crippen molar-refractivity contribution in [2.24, 2.45) is 5.92 Å². The predicted molar refractivity (Wildman–Crippen MR) is 62.5 cm³/mol. The molecule has 0 saturated carbocycles. The van der Waals surface area contributed by atoms with Gasteiger partial charge in [0.2, 0.25) is 0 Å². The summed E-state index contributed by atoms with van der Waals surface area (Å²) >= 11 is 0. The van der Waals surface area contributed by atoms with E-state index in [2.05, 4.69) is 17.0 Å². The molecule has 1 aromatic carbocycles. The lowest BCUT2D eigenvalue weighted by Gasteiger charge is -2.30. The van der Waals surface area contributed by atoms with E-state index in [-0.39, 0.29) is 5.75 Å². The van der Waals surface area contributed by atoms with Gasteiger partial charge in [-0.2, -0.15) is 0 Å². The number of halogens is 3. The third-order valence-corrected chi connectivity index (χ3v) is 3.33. The molecule has 0 aromatic heterocycles. The van der Waals surface area contributed by atoms with Crippen molar-refractivity contribution in [2.75, 3.05) is 13.1 Å². The molecular formula is C13H16F3NO. The fraction of sp³-hybridized carbons (Fsp3) is 0.538. The van der Waals surface area contributed by atoms with Gasteiger partial charge in [-0.15, -0.1) is 13.2 Å². The van der Waals surface area contributed by atoms with Gasteiger partial charge in [0.25, 0.3) is 0 Å². The molecule has 2 rings (SSSR count). The topological polar surface area (TPSA) is 21.3 Å². The van der Waals surface area contributed by atoms with E-state index in [1.165, 1.54) is 12.1 Å². The van der Waals surface area contributed by atoms with E-state index < -0.39 is 6.36 Å². The predicted octanol–water partition coefficient (Wildman–Crippen LogP) is 3.30. The Balaban J connectivity index is 2.07. The summed E-state index contributed by atoms with van der Waals surface area (Å²) in [7, 11) is 0. The number of alkyl halides is 3. The van der Waals surface area contributed by atoms with E-state index in [0.29, 0.717) is 11.8 Å². The quantitative estimate of drug-likeness (QED) is 0.880. The minimum Gasteiger partial charge on any atom is -0.406 e. The largest absolute Gasteiger partial charge is 0.573 e. The maximum absolute atomic E-state index is 12.0. The number of nitrogens with one attached hydrogen (secondary N) is 1. The van der Waals surface area contributed by atoms with Crippen LogP contribution in [0.15, 0.2) is 24.3 Å². The van der Waals surface area contributed by atoms with E-state index in [0.717, 1.165) is 25.1 Å². The Morgan fingerprint density at radius 2 is 1.89 bits per heavy atom. The third kappa shape index (κ3) is 3.38. The monoisotopic (exact) mass is 259 g/mol. The van der Waals surface area contributed by atoms with Gasteiger partial charge >= 0.3 is 6.36 Å². The van der Waals surface area contributed by atoms with Gasteiger partial charge in [-0.05, 0) is 49.0 Å². The van der Waals surface area contributed by atoms with Crippen LogP contribution in [-0.4, -0.2) is 19.5 Å². The summed E-state index contributed by atoms with van der Waals surface area (Å²) in [5.74, 6) is 0.743. The molecule has 0 aliphatic carbocycles. The number of hydrogen-bond donors (Lipinski definition) is 1. The first kappa shape index (κ1) is 13.2. The van der Waals surface area contributed by atoms with Crippen LogP contribution in [-0.2, 0) is 0 Å². The summed E-state index contributed by atoms with van der Waals surface area (Å²) in [5.41, 5.74) is 1.08. The van der Waals surface area contributed by atoms with E-state index in [9.17, 15) is 13.2 Å². The van der Waals surface area contributed by atoms with Gasteiger partial charge < -0.3 is 10.1 Å². The minimum absolute atomic E-state index is 0.159. The molecule has 1 heterocycles. The van der Waals surface area contributed by atoms with Gasteiger partial charge in [0, 0.05) is 0 Å². The van der Waals surface area contributed by atoms with Crippen molar-refractivity contribution < 1.29 is 17.9 Å². The van der Waals surface area contributed by atoms with E-state index in [1.54, 1.807) is 12.1 Å². The Kier molecular flexibility index (Phi) is 3.80. The van der Waals surface area contributed by atoms with Gasteiger partial charge in [-0.1, -0.05) is 19.1 Å². The first-order chi connectivity index (χ1) is 8.46. The highest BCUT2D eigenvalue weighted by atomic mass is 19.4. The molecular weight excluding hydrogens is 243 g/mol. The summed E-state index contributed by atoms with van der Waals surface area (Å²) in [4.78, 5) is 0. The molecule has 2 unspecified atom stereocenters. The molecule has 0 bridgehead atoms. The second-order valence-corrected chi connectivity index (χ2v) is 4.69. The average Bonchev–Trinajstić information content (AvgIpc) is 2.29. The molecule has 1 aliphatic rings. The van der Waals surface area contributed by atoms with Crippen molar-refractivity contribution in [3.05, 3.63) is 29.8 Å². The van der Waals surface area contributed by atoms with Crippen molar-refractivity contribution in [2.45, 2.75) is 25.6 Å². The van der Waals surface area contributed by atoms with Gasteiger partial charge in [0.1, 0.15) is 5.75 Å². The zero-order valence-corrected chi connectivity index (χ0v) is 10.1. The lowest BCUT2D eigenvalue weighted by atomic mass is 9.82. The highest BCUT2D eigenvalue weighted by Crippen LogP contribution is 2.31. The van der Waals surface area contributed by atoms with Crippen molar-refractivity contribution in [1.29, 1.82) is 0 Å². The molecule has 1 fully saturated rings. The Hall–Kier alpha value is -1.23. The second kappa shape index (κ2) is 5.18. The van der Waals surface area contributed by atoms with E-state index in [1.807, 2.05) is 0 Å².